The van der Waals surface area contributed by atoms with Crippen molar-refractivity contribution in [2.24, 2.45) is 0 Å². The molecule has 0 aromatic heterocycles. The van der Waals surface area contributed by atoms with Gasteiger partial charge in [0.2, 0.25) is 0 Å². The smallest absolute Gasteiger partial charge is 0.266 e. The highest BCUT2D eigenvalue weighted by Crippen LogP contribution is 2.35. The highest BCUT2D eigenvalue weighted by molar-refractivity contribution is 14.1. The molecule has 0 saturated heterocycles. The number of hydrogen-bond acceptors (Lipinski definition) is 5. The number of benzene rings is 4. The Bertz CT molecular complexity index is 1520. The van der Waals surface area contributed by atoms with Crippen LogP contribution < -0.4 is 19.5 Å². The Morgan fingerprint density at radius 1 is 0.974 bits per heavy atom. The molecule has 1 N–H and O–H groups in total. The van der Waals surface area contributed by atoms with Gasteiger partial charge in [-0.3, -0.25) is 4.79 Å². The largest absolute Gasteiger partial charge is 0.493 e. The van der Waals surface area contributed by atoms with E-state index in [9.17, 15) is 10.1 Å². The number of hydrogen-bond donors (Lipinski definition) is 1. The van der Waals surface area contributed by atoms with Gasteiger partial charge in [-0.15, -0.1) is 0 Å². The lowest BCUT2D eigenvalue weighted by Gasteiger charge is -2.14. The normalized spacial score (nSPS) is 10.9. The SMILES string of the molecule is COc1cc(/C=C(\C#N)C(=O)Nc2ccc(OCc3ccccc3)cc2)cc(I)c1OCc1ccccc1Cl. The monoisotopic (exact) mass is 650 g/mol. The van der Waals surface area contributed by atoms with Crippen LogP contribution in [0.25, 0.3) is 6.08 Å². The van der Waals surface area contributed by atoms with Gasteiger partial charge in [0.05, 0.1) is 10.7 Å². The fourth-order valence-corrected chi connectivity index (χ4v) is 4.59. The van der Waals surface area contributed by atoms with E-state index in [2.05, 4.69) is 27.9 Å². The summed E-state index contributed by atoms with van der Waals surface area (Å²) in [6.07, 6.45) is 1.51. The quantitative estimate of drug-likeness (QED) is 0.108. The molecular formula is C31H24ClIN2O4. The first-order chi connectivity index (χ1) is 19.0. The number of carbonyl (C=O) groups is 1. The Morgan fingerprint density at radius 2 is 1.69 bits per heavy atom. The first kappa shape index (κ1) is 28.0. The minimum absolute atomic E-state index is 0.0537. The molecule has 0 fully saturated rings. The summed E-state index contributed by atoms with van der Waals surface area (Å²) in [6, 6.07) is 29.8. The summed E-state index contributed by atoms with van der Waals surface area (Å²) in [6.45, 7) is 0.711. The number of halogens is 2. The standard InChI is InChI=1S/C31H24ClIN2O4/c1-37-29-17-22(16-28(33)30(29)39-20-23-9-5-6-10-27(23)32)15-24(18-34)31(36)35-25-11-13-26(14-12-25)38-19-21-7-3-2-4-8-21/h2-17H,19-20H2,1H3,(H,35,36)/b24-15+. The average Bonchev–Trinajstić information content (AvgIpc) is 2.96. The topological polar surface area (TPSA) is 80.6 Å². The predicted molar refractivity (Wildman–Crippen MR) is 161 cm³/mol. The molecule has 0 heterocycles. The van der Waals surface area contributed by atoms with E-state index >= 15 is 0 Å². The number of nitrogens with zero attached hydrogens (tertiary/aromatic N) is 1. The summed E-state index contributed by atoms with van der Waals surface area (Å²) in [5.41, 5.74) is 3.02. The van der Waals surface area contributed by atoms with E-state index in [1.165, 1.54) is 13.2 Å². The molecule has 0 aliphatic carbocycles. The van der Waals surface area contributed by atoms with Gasteiger partial charge in [-0.2, -0.15) is 5.26 Å². The molecule has 39 heavy (non-hydrogen) atoms. The maximum atomic E-state index is 12.8. The number of carbonyl (C=O) groups excluding carboxylic acids is 1. The maximum absolute atomic E-state index is 12.8. The zero-order valence-corrected chi connectivity index (χ0v) is 23.9. The van der Waals surface area contributed by atoms with E-state index in [0.717, 1.165) is 14.7 Å². The van der Waals surface area contributed by atoms with E-state index in [1.807, 2.05) is 60.7 Å². The molecule has 6 nitrogen and oxygen atoms in total. The van der Waals surface area contributed by atoms with E-state index in [0.29, 0.717) is 40.1 Å². The van der Waals surface area contributed by atoms with Crippen LogP contribution in [0, 0.1) is 14.9 Å². The van der Waals surface area contributed by atoms with Crippen molar-refractivity contribution in [3.63, 3.8) is 0 Å². The van der Waals surface area contributed by atoms with Crippen LogP contribution in [0.3, 0.4) is 0 Å². The molecule has 0 aliphatic heterocycles. The second kappa shape index (κ2) is 13.7. The number of nitriles is 1. The van der Waals surface area contributed by atoms with Gasteiger partial charge in [-0.25, -0.2) is 0 Å². The summed E-state index contributed by atoms with van der Waals surface area (Å²) in [5, 5.41) is 13.0. The number of methoxy groups -OCH3 is 1. The molecule has 0 atom stereocenters. The molecule has 196 valence electrons. The van der Waals surface area contributed by atoms with Crippen molar-refractivity contribution in [3.8, 4) is 23.3 Å². The van der Waals surface area contributed by atoms with Crippen LogP contribution in [0.1, 0.15) is 16.7 Å². The van der Waals surface area contributed by atoms with Crippen molar-refractivity contribution in [2.75, 3.05) is 12.4 Å². The summed E-state index contributed by atoms with van der Waals surface area (Å²) < 4.78 is 18.1. The van der Waals surface area contributed by atoms with Crippen LogP contribution in [0.4, 0.5) is 5.69 Å². The Morgan fingerprint density at radius 3 is 2.38 bits per heavy atom. The summed E-state index contributed by atoms with van der Waals surface area (Å²) in [7, 11) is 1.53. The molecule has 0 saturated carbocycles. The Kier molecular flexibility index (Phi) is 9.84. The number of amides is 1. The lowest BCUT2D eigenvalue weighted by Crippen LogP contribution is -2.13. The summed E-state index contributed by atoms with van der Waals surface area (Å²) >= 11 is 8.37. The molecule has 4 aromatic rings. The van der Waals surface area contributed by atoms with Crippen LogP contribution >= 0.6 is 34.2 Å². The third-order valence-corrected chi connectivity index (χ3v) is 6.79. The molecule has 0 bridgehead atoms. The molecule has 0 spiro atoms. The first-order valence-corrected chi connectivity index (χ1v) is 13.4. The second-order valence-electron chi connectivity index (χ2n) is 8.34. The third-order valence-electron chi connectivity index (χ3n) is 5.62. The average molecular weight is 651 g/mol. The van der Waals surface area contributed by atoms with Gasteiger partial charge in [0.1, 0.15) is 30.6 Å². The van der Waals surface area contributed by atoms with Gasteiger partial charge >= 0.3 is 0 Å². The Hall–Kier alpha value is -4.00. The third kappa shape index (κ3) is 7.76. The van der Waals surface area contributed by atoms with E-state index in [4.69, 9.17) is 25.8 Å². The molecule has 0 unspecified atom stereocenters. The highest BCUT2D eigenvalue weighted by Gasteiger charge is 2.15. The van der Waals surface area contributed by atoms with Crippen molar-refractivity contribution < 1.29 is 19.0 Å². The number of rotatable bonds is 10. The minimum Gasteiger partial charge on any atom is -0.493 e. The van der Waals surface area contributed by atoms with Crippen LogP contribution in [-0.4, -0.2) is 13.0 Å². The van der Waals surface area contributed by atoms with Crippen molar-refractivity contribution >= 4 is 51.9 Å². The van der Waals surface area contributed by atoms with Crippen LogP contribution in [0.15, 0.2) is 96.6 Å². The Balaban J connectivity index is 1.43. The minimum atomic E-state index is -0.525. The van der Waals surface area contributed by atoms with Gasteiger partial charge in [0.15, 0.2) is 11.5 Å². The van der Waals surface area contributed by atoms with E-state index in [-0.39, 0.29) is 12.2 Å². The second-order valence-corrected chi connectivity index (χ2v) is 9.91. The van der Waals surface area contributed by atoms with E-state index in [1.54, 1.807) is 36.4 Å². The molecular weight excluding hydrogens is 627 g/mol. The fraction of sp³-hybridized carbons (Fsp3) is 0.0968. The molecule has 0 aliphatic rings. The molecule has 8 heteroatoms. The van der Waals surface area contributed by atoms with Gasteiger partial charge in [-0.1, -0.05) is 60.1 Å². The van der Waals surface area contributed by atoms with Crippen LogP contribution in [0.5, 0.6) is 17.2 Å². The van der Waals surface area contributed by atoms with Gasteiger partial charge in [0, 0.05) is 16.3 Å². The number of nitrogens with one attached hydrogen (secondary N) is 1. The first-order valence-electron chi connectivity index (χ1n) is 11.9. The van der Waals surface area contributed by atoms with Crippen molar-refractivity contribution in [3.05, 3.63) is 122 Å². The lowest BCUT2D eigenvalue weighted by atomic mass is 10.1. The van der Waals surface area contributed by atoms with Crippen LogP contribution in [0.2, 0.25) is 5.02 Å². The van der Waals surface area contributed by atoms with Crippen LogP contribution in [-0.2, 0) is 18.0 Å². The lowest BCUT2D eigenvalue weighted by molar-refractivity contribution is -0.112. The number of anilines is 1. The van der Waals surface area contributed by atoms with Gasteiger partial charge in [-0.05, 0) is 82.3 Å². The molecule has 0 radical (unpaired) electrons. The summed E-state index contributed by atoms with van der Waals surface area (Å²) in [4.78, 5) is 12.8. The summed E-state index contributed by atoms with van der Waals surface area (Å²) in [5.74, 6) is 1.17. The van der Waals surface area contributed by atoms with Crippen molar-refractivity contribution in [1.29, 1.82) is 5.26 Å². The molecule has 4 rings (SSSR count). The highest BCUT2D eigenvalue weighted by atomic mass is 127. The predicted octanol–water partition coefficient (Wildman–Crippen LogP) is 7.66. The zero-order chi connectivity index (χ0) is 27.6. The molecule has 4 aromatic carbocycles. The van der Waals surface area contributed by atoms with Crippen molar-refractivity contribution in [2.45, 2.75) is 13.2 Å². The fourth-order valence-electron chi connectivity index (χ4n) is 3.62. The Labute approximate surface area is 245 Å². The number of ether oxygens (including phenoxy) is 3. The maximum Gasteiger partial charge on any atom is 0.266 e. The van der Waals surface area contributed by atoms with E-state index < -0.39 is 5.91 Å². The van der Waals surface area contributed by atoms with Crippen molar-refractivity contribution in [1.82, 2.24) is 0 Å². The van der Waals surface area contributed by atoms with Gasteiger partial charge < -0.3 is 19.5 Å². The molecule has 1 amide bonds. The van der Waals surface area contributed by atoms with Gasteiger partial charge in [0.25, 0.3) is 5.91 Å². The zero-order valence-electron chi connectivity index (χ0n) is 21.0.